The van der Waals surface area contributed by atoms with E-state index in [1.54, 1.807) is 0 Å². The summed E-state index contributed by atoms with van der Waals surface area (Å²) in [7, 11) is 0. The van der Waals surface area contributed by atoms with Gasteiger partial charge in [0.25, 0.3) is 0 Å². The first-order valence-corrected chi connectivity index (χ1v) is 20.7. The van der Waals surface area contributed by atoms with Gasteiger partial charge in [-0.3, -0.25) is 0 Å². The van der Waals surface area contributed by atoms with Crippen LogP contribution in [0.3, 0.4) is 0 Å². The quantitative estimate of drug-likeness (QED) is 0.160. The molecule has 0 N–H and O–H groups in total. The Bertz CT molecular complexity index is 3550. The maximum Gasteiger partial charge on any atom is 0.0547 e. The molecule has 0 aliphatic carbocycles. The summed E-state index contributed by atoms with van der Waals surface area (Å²) in [5, 5.41) is 7.47. The first kappa shape index (κ1) is 34.1. The van der Waals surface area contributed by atoms with Crippen molar-refractivity contribution in [1.82, 2.24) is 9.13 Å². The Morgan fingerprint density at radius 3 is 1.22 bits per heavy atom. The molecule has 0 atom stereocenters. The molecular weight excluding hydrogens is 725 g/mol. The second-order valence-corrected chi connectivity index (χ2v) is 15.8. The first-order chi connectivity index (χ1) is 29.7. The maximum absolute atomic E-state index is 2.44. The van der Waals surface area contributed by atoms with Crippen LogP contribution in [-0.2, 0) is 0 Å². The molecule has 2 heteroatoms. The van der Waals surface area contributed by atoms with Crippen LogP contribution in [0.1, 0.15) is 0 Å². The van der Waals surface area contributed by atoms with E-state index in [0.717, 1.165) is 11.4 Å². The van der Waals surface area contributed by atoms with E-state index in [4.69, 9.17) is 0 Å². The standard InChI is InChI=1S/C58H38N2/c1-3-11-39(12-4-1)42-21-28-49(29-22-42)59-55-18-10-9-17-51(55)53-36-46(26-33-56(53)59)47-27-34-57-54(37-47)52-32-25-48(45-20-19-41-15-7-8-16-44(41)35-45)38-58(52)60(57)50-30-23-43(24-31-50)40-13-5-2-6-14-40/h1-38H. The summed E-state index contributed by atoms with van der Waals surface area (Å²) in [5.74, 6) is 0. The maximum atomic E-state index is 2.44. The molecular formula is C58H38N2. The summed E-state index contributed by atoms with van der Waals surface area (Å²) in [6, 6.07) is 84.3. The van der Waals surface area contributed by atoms with Crippen LogP contribution in [0, 0.1) is 0 Å². The smallest absolute Gasteiger partial charge is 0.0547 e. The van der Waals surface area contributed by atoms with Gasteiger partial charge >= 0.3 is 0 Å². The fourth-order valence-electron chi connectivity index (χ4n) is 9.32. The van der Waals surface area contributed by atoms with E-state index in [2.05, 4.69) is 240 Å². The minimum Gasteiger partial charge on any atom is -0.309 e. The Balaban J connectivity index is 1.00. The van der Waals surface area contributed by atoms with Crippen LogP contribution >= 0.6 is 0 Å². The predicted octanol–water partition coefficient (Wildman–Crippen LogP) is 15.7. The lowest BCUT2D eigenvalue weighted by molar-refractivity contribution is 1.18. The average molecular weight is 763 g/mol. The summed E-state index contributed by atoms with van der Waals surface area (Å²) < 4.78 is 4.84. The van der Waals surface area contributed by atoms with Crippen LogP contribution < -0.4 is 0 Å². The second-order valence-electron chi connectivity index (χ2n) is 15.8. The van der Waals surface area contributed by atoms with Gasteiger partial charge in [0.05, 0.1) is 22.1 Å². The molecule has 0 bridgehead atoms. The highest BCUT2D eigenvalue weighted by atomic mass is 15.0. The molecule has 0 saturated carbocycles. The largest absolute Gasteiger partial charge is 0.309 e. The van der Waals surface area contributed by atoms with Crippen molar-refractivity contribution in [1.29, 1.82) is 0 Å². The number of hydrogen-bond donors (Lipinski definition) is 0. The molecule has 0 aliphatic heterocycles. The lowest BCUT2D eigenvalue weighted by Crippen LogP contribution is -1.94. The van der Waals surface area contributed by atoms with Crippen LogP contribution in [0.25, 0.3) is 110 Å². The third-order valence-corrected chi connectivity index (χ3v) is 12.3. The monoisotopic (exact) mass is 762 g/mol. The summed E-state index contributed by atoms with van der Waals surface area (Å²) in [5.41, 5.74) is 16.8. The van der Waals surface area contributed by atoms with Gasteiger partial charge in [-0.15, -0.1) is 0 Å². The molecule has 0 spiro atoms. The molecule has 280 valence electrons. The van der Waals surface area contributed by atoms with E-state index in [1.165, 1.54) is 98.9 Å². The number of rotatable bonds is 6. The SMILES string of the molecule is c1ccc(-c2ccc(-n3c4ccccc4c4cc(-c5ccc6c(c5)c5ccc(-c7ccc8ccccc8c7)cc5n6-c5ccc(-c6ccccc6)cc5)ccc43)cc2)cc1. The van der Waals surface area contributed by atoms with Crippen LogP contribution in [0.5, 0.6) is 0 Å². The Hall–Kier alpha value is -7.94. The van der Waals surface area contributed by atoms with Gasteiger partial charge in [0.1, 0.15) is 0 Å². The van der Waals surface area contributed by atoms with E-state index in [9.17, 15) is 0 Å². The highest BCUT2D eigenvalue weighted by Gasteiger charge is 2.17. The van der Waals surface area contributed by atoms with Crippen LogP contribution in [0.2, 0.25) is 0 Å². The van der Waals surface area contributed by atoms with Crippen molar-refractivity contribution in [2.75, 3.05) is 0 Å². The van der Waals surface area contributed by atoms with Gasteiger partial charge in [0.2, 0.25) is 0 Å². The number of aromatic nitrogens is 2. The molecule has 0 aliphatic rings. The van der Waals surface area contributed by atoms with Gasteiger partial charge in [-0.25, -0.2) is 0 Å². The number of fused-ring (bicyclic) bond motifs is 7. The summed E-state index contributed by atoms with van der Waals surface area (Å²) in [6.45, 7) is 0. The minimum atomic E-state index is 1.14. The normalized spacial score (nSPS) is 11.7. The highest BCUT2D eigenvalue weighted by molar-refractivity contribution is 6.13. The second kappa shape index (κ2) is 13.9. The zero-order chi connectivity index (χ0) is 39.6. The highest BCUT2D eigenvalue weighted by Crippen LogP contribution is 2.40. The van der Waals surface area contributed by atoms with Crippen molar-refractivity contribution in [3.05, 3.63) is 231 Å². The lowest BCUT2D eigenvalue weighted by Gasteiger charge is -2.11. The van der Waals surface area contributed by atoms with Crippen molar-refractivity contribution >= 4 is 54.4 Å². The van der Waals surface area contributed by atoms with Gasteiger partial charge in [0.15, 0.2) is 0 Å². The summed E-state index contributed by atoms with van der Waals surface area (Å²) >= 11 is 0. The Morgan fingerprint density at radius 1 is 0.200 bits per heavy atom. The molecule has 10 aromatic carbocycles. The Labute approximate surface area is 348 Å². The van der Waals surface area contributed by atoms with Gasteiger partial charge in [-0.05, 0) is 122 Å². The molecule has 2 aromatic heterocycles. The van der Waals surface area contributed by atoms with Gasteiger partial charge < -0.3 is 9.13 Å². The van der Waals surface area contributed by atoms with Crippen molar-refractivity contribution < 1.29 is 0 Å². The van der Waals surface area contributed by atoms with E-state index < -0.39 is 0 Å². The van der Waals surface area contributed by atoms with E-state index in [1.807, 2.05) is 0 Å². The van der Waals surface area contributed by atoms with Gasteiger partial charge in [-0.1, -0.05) is 164 Å². The zero-order valence-electron chi connectivity index (χ0n) is 32.8. The fraction of sp³-hybridized carbons (Fsp3) is 0. The van der Waals surface area contributed by atoms with Gasteiger partial charge in [0, 0.05) is 32.9 Å². The molecule has 12 rings (SSSR count). The number of hydrogen-bond acceptors (Lipinski definition) is 0. The van der Waals surface area contributed by atoms with Crippen molar-refractivity contribution in [2.24, 2.45) is 0 Å². The number of para-hydroxylation sites is 1. The van der Waals surface area contributed by atoms with E-state index in [-0.39, 0.29) is 0 Å². The van der Waals surface area contributed by atoms with E-state index >= 15 is 0 Å². The zero-order valence-corrected chi connectivity index (χ0v) is 32.8. The topological polar surface area (TPSA) is 9.86 Å². The molecule has 2 heterocycles. The molecule has 0 radical (unpaired) electrons. The minimum absolute atomic E-state index is 1.14. The summed E-state index contributed by atoms with van der Waals surface area (Å²) in [4.78, 5) is 0. The third-order valence-electron chi connectivity index (χ3n) is 12.3. The number of benzene rings is 10. The third kappa shape index (κ3) is 5.65. The molecule has 2 nitrogen and oxygen atoms in total. The molecule has 12 aromatic rings. The molecule has 60 heavy (non-hydrogen) atoms. The van der Waals surface area contributed by atoms with Crippen molar-refractivity contribution in [3.63, 3.8) is 0 Å². The van der Waals surface area contributed by atoms with Crippen LogP contribution in [0.4, 0.5) is 0 Å². The predicted molar refractivity (Wildman–Crippen MR) is 254 cm³/mol. The Morgan fingerprint density at radius 2 is 0.600 bits per heavy atom. The molecule has 0 amide bonds. The summed E-state index contributed by atoms with van der Waals surface area (Å²) in [6.07, 6.45) is 0. The average Bonchev–Trinajstić information content (AvgIpc) is 3.84. The van der Waals surface area contributed by atoms with Gasteiger partial charge in [-0.2, -0.15) is 0 Å². The number of nitrogens with zero attached hydrogens (tertiary/aromatic N) is 2. The van der Waals surface area contributed by atoms with Crippen molar-refractivity contribution in [3.8, 4) is 55.9 Å². The lowest BCUT2D eigenvalue weighted by atomic mass is 9.98. The fourth-order valence-corrected chi connectivity index (χ4v) is 9.32. The van der Waals surface area contributed by atoms with Crippen LogP contribution in [-0.4, -0.2) is 9.13 Å². The first-order valence-electron chi connectivity index (χ1n) is 20.7. The molecule has 0 saturated heterocycles. The van der Waals surface area contributed by atoms with Crippen molar-refractivity contribution in [2.45, 2.75) is 0 Å². The van der Waals surface area contributed by atoms with E-state index in [0.29, 0.717) is 0 Å². The molecule has 0 fully saturated rings. The molecule has 0 unspecified atom stereocenters. The van der Waals surface area contributed by atoms with Crippen LogP contribution in [0.15, 0.2) is 231 Å². The Kier molecular flexibility index (Phi) is 7.89.